The molecule has 0 bridgehead atoms. The molecule has 0 fully saturated rings. The lowest BCUT2D eigenvalue weighted by atomic mass is 10.2. The lowest BCUT2D eigenvalue weighted by molar-refractivity contribution is 0.198. The Hall–Kier alpha value is -0.540. The van der Waals surface area contributed by atoms with E-state index in [-0.39, 0.29) is 0 Å². The van der Waals surface area contributed by atoms with Crippen LogP contribution in [-0.4, -0.2) is 15.8 Å². The van der Waals surface area contributed by atoms with Gasteiger partial charge in [-0.2, -0.15) is 0 Å². The zero-order valence-corrected chi connectivity index (χ0v) is 10.4. The fourth-order valence-corrected chi connectivity index (χ4v) is 2.05. The van der Waals surface area contributed by atoms with Gasteiger partial charge in [-0.3, -0.25) is 0 Å². The topological polar surface area (TPSA) is 33.1 Å². The molecule has 1 rings (SSSR count). The van der Waals surface area contributed by atoms with Gasteiger partial charge in [0.2, 0.25) is 0 Å². The van der Waals surface area contributed by atoms with Crippen molar-refractivity contribution in [3.05, 3.63) is 23.9 Å². The van der Waals surface area contributed by atoms with Crippen LogP contribution in [0.25, 0.3) is 0 Å². The van der Waals surface area contributed by atoms with Gasteiger partial charge in [0, 0.05) is 11.9 Å². The van der Waals surface area contributed by atoms with E-state index in [0.29, 0.717) is 0 Å². The third-order valence-electron chi connectivity index (χ3n) is 2.45. The van der Waals surface area contributed by atoms with Crippen molar-refractivity contribution >= 4 is 11.8 Å². The minimum Gasteiger partial charge on any atom is -0.389 e. The molecule has 2 atom stereocenters. The number of rotatable bonds is 5. The van der Waals surface area contributed by atoms with Crippen molar-refractivity contribution in [1.82, 2.24) is 4.98 Å². The Morgan fingerprint density at radius 3 is 2.60 bits per heavy atom. The summed E-state index contributed by atoms with van der Waals surface area (Å²) in [7, 11) is 0. The molecule has 0 radical (unpaired) electrons. The summed E-state index contributed by atoms with van der Waals surface area (Å²) in [6.45, 7) is 6.20. The number of thioether (sulfide) groups is 1. The van der Waals surface area contributed by atoms with Crippen molar-refractivity contribution in [2.45, 2.75) is 38.3 Å². The maximum absolute atomic E-state index is 9.32. The lowest BCUT2D eigenvalue weighted by Gasteiger charge is -2.08. The first-order valence-electron chi connectivity index (χ1n) is 5.40. The molecule has 1 heterocycles. The smallest absolute Gasteiger partial charge is 0.0960 e. The first-order valence-corrected chi connectivity index (χ1v) is 6.38. The molecule has 1 aromatic rings. The van der Waals surface area contributed by atoms with Crippen molar-refractivity contribution in [2.75, 3.05) is 5.75 Å². The molecule has 0 aromatic carbocycles. The van der Waals surface area contributed by atoms with E-state index in [9.17, 15) is 5.11 Å². The van der Waals surface area contributed by atoms with Gasteiger partial charge in [0.05, 0.1) is 11.1 Å². The van der Waals surface area contributed by atoms with Crippen LogP contribution in [0.3, 0.4) is 0 Å². The van der Waals surface area contributed by atoms with E-state index in [4.69, 9.17) is 0 Å². The largest absolute Gasteiger partial charge is 0.389 e. The second-order valence-corrected chi connectivity index (χ2v) is 4.97. The zero-order valence-electron chi connectivity index (χ0n) is 9.60. The summed E-state index contributed by atoms with van der Waals surface area (Å²) in [5, 5.41) is 10.4. The average Bonchev–Trinajstić information content (AvgIpc) is 2.26. The summed E-state index contributed by atoms with van der Waals surface area (Å²) < 4.78 is 0. The number of pyridine rings is 1. The molecule has 0 saturated heterocycles. The van der Waals surface area contributed by atoms with Crippen LogP contribution < -0.4 is 0 Å². The molecule has 3 heteroatoms. The van der Waals surface area contributed by atoms with Crippen LogP contribution in [0.4, 0.5) is 0 Å². The fourth-order valence-electron chi connectivity index (χ4n) is 1.07. The van der Waals surface area contributed by atoms with E-state index in [1.165, 1.54) is 6.42 Å². The van der Waals surface area contributed by atoms with Crippen molar-refractivity contribution in [1.29, 1.82) is 0 Å². The van der Waals surface area contributed by atoms with Gasteiger partial charge in [-0.1, -0.05) is 26.3 Å². The molecule has 0 aliphatic rings. The second-order valence-electron chi connectivity index (χ2n) is 3.93. The van der Waals surface area contributed by atoms with Crippen molar-refractivity contribution < 1.29 is 5.11 Å². The van der Waals surface area contributed by atoms with E-state index < -0.39 is 6.10 Å². The van der Waals surface area contributed by atoms with Gasteiger partial charge < -0.3 is 5.11 Å². The summed E-state index contributed by atoms with van der Waals surface area (Å²) in [5.41, 5.74) is 0.878. The Balaban J connectivity index is 2.50. The van der Waals surface area contributed by atoms with Gasteiger partial charge in [0.25, 0.3) is 0 Å². The predicted molar refractivity (Wildman–Crippen MR) is 65.0 cm³/mol. The van der Waals surface area contributed by atoms with Gasteiger partial charge in [-0.15, -0.1) is 11.8 Å². The SMILES string of the molecule is CCC(C)CSc1ccc([C@H](C)O)cn1. The van der Waals surface area contributed by atoms with Crippen LogP contribution in [0.15, 0.2) is 23.4 Å². The zero-order chi connectivity index (χ0) is 11.3. The Morgan fingerprint density at radius 1 is 1.40 bits per heavy atom. The number of hydrogen-bond donors (Lipinski definition) is 1. The standard InChI is InChI=1S/C12H19NOS/c1-4-9(2)8-15-12-6-5-11(7-13-12)10(3)14/h5-7,9-10,14H,4,8H2,1-3H3/t9?,10-/m0/s1. The van der Waals surface area contributed by atoms with E-state index in [0.717, 1.165) is 22.3 Å². The molecule has 2 nitrogen and oxygen atoms in total. The minimum atomic E-state index is -0.425. The minimum absolute atomic E-state index is 0.425. The molecule has 0 saturated carbocycles. The summed E-state index contributed by atoms with van der Waals surface area (Å²) in [6.07, 6.45) is 2.54. The van der Waals surface area contributed by atoms with Crippen molar-refractivity contribution in [3.8, 4) is 0 Å². The van der Waals surface area contributed by atoms with Crippen molar-refractivity contribution in [2.24, 2.45) is 5.92 Å². The average molecular weight is 225 g/mol. The van der Waals surface area contributed by atoms with Gasteiger partial charge >= 0.3 is 0 Å². The summed E-state index contributed by atoms with van der Waals surface area (Å²) in [6, 6.07) is 3.92. The molecule has 0 aliphatic heterocycles. The van der Waals surface area contributed by atoms with E-state index in [2.05, 4.69) is 18.8 Å². The molecular formula is C12H19NOS. The highest BCUT2D eigenvalue weighted by Crippen LogP contribution is 2.21. The quantitative estimate of drug-likeness (QED) is 0.781. The molecule has 15 heavy (non-hydrogen) atoms. The summed E-state index contributed by atoms with van der Waals surface area (Å²) in [4.78, 5) is 4.31. The Kier molecular flexibility index (Phi) is 5.12. The highest BCUT2D eigenvalue weighted by Gasteiger charge is 2.03. The first kappa shape index (κ1) is 12.5. The highest BCUT2D eigenvalue weighted by atomic mass is 32.2. The molecule has 0 spiro atoms. The Labute approximate surface area is 96.1 Å². The van der Waals surface area contributed by atoms with Crippen molar-refractivity contribution in [3.63, 3.8) is 0 Å². The molecular weight excluding hydrogens is 206 g/mol. The third kappa shape index (κ3) is 4.22. The normalized spacial score (nSPS) is 14.9. The summed E-state index contributed by atoms with van der Waals surface area (Å²) >= 11 is 1.78. The molecule has 0 amide bonds. The van der Waals surface area contributed by atoms with Gasteiger partial charge in [-0.05, 0) is 24.5 Å². The maximum atomic E-state index is 9.32. The van der Waals surface area contributed by atoms with Crippen LogP contribution >= 0.6 is 11.8 Å². The van der Waals surface area contributed by atoms with Crippen LogP contribution in [0.1, 0.15) is 38.9 Å². The van der Waals surface area contributed by atoms with E-state index in [1.807, 2.05) is 12.1 Å². The second kappa shape index (κ2) is 6.13. The third-order valence-corrected chi connectivity index (χ3v) is 3.73. The predicted octanol–water partition coefficient (Wildman–Crippen LogP) is 3.27. The Morgan fingerprint density at radius 2 is 2.13 bits per heavy atom. The van der Waals surface area contributed by atoms with Crippen LogP contribution in [-0.2, 0) is 0 Å². The lowest BCUT2D eigenvalue weighted by Crippen LogP contribution is -1.97. The number of aromatic nitrogens is 1. The molecule has 1 aromatic heterocycles. The first-order chi connectivity index (χ1) is 7.13. The number of aliphatic hydroxyl groups excluding tert-OH is 1. The number of nitrogens with zero attached hydrogens (tertiary/aromatic N) is 1. The number of aliphatic hydroxyl groups is 1. The Bertz CT molecular complexity index is 284. The van der Waals surface area contributed by atoms with Gasteiger partial charge in [0.15, 0.2) is 0 Å². The van der Waals surface area contributed by atoms with Crippen LogP contribution in [0, 0.1) is 5.92 Å². The monoisotopic (exact) mass is 225 g/mol. The molecule has 1 N–H and O–H groups in total. The number of hydrogen-bond acceptors (Lipinski definition) is 3. The molecule has 1 unspecified atom stereocenters. The highest BCUT2D eigenvalue weighted by molar-refractivity contribution is 7.99. The summed E-state index contributed by atoms with van der Waals surface area (Å²) in [5.74, 6) is 1.84. The van der Waals surface area contributed by atoms with Crippen LogP contribution in [0.2, 0.25) is 0 Å². The maximum Gasteiger partial charge on any atom is 0.0960 e. The van der Waals surface area contributed by atoms with Crippen LogP contribution in [0.5, 0.6) is 0 Å². The van der Waals surface area contributed by atoms with E-state index in [1.54, 1.807) is 24.9 Å². The molecule has 84 valence electrons. The molecule has 0 aliphatic carbocycles. The van der Waals surface area contributed by atoms with E-state index >= 15 is 0 Å². The van der Waals surface area contributed by atoms with Gasteiger partial charge in [-0.25, -0.2) is 4.98 Å². The fraction of sp³-hybridized carbons (Fsp3) is 0.583. The van der Waals surface area contributed by atoms with Gasteiger partial charge in [0.1, 0.15) is 0 Å².